The van der Waals surface area contributed by atoms with Gasteiger partial charge in [-0.2, -0.15) is 5.10 Å². The lowest BCUT2D eigenvalue weighted by molar-refractivity contribution is -0.136. The second kappa shape index (κ2) is 10.7. The molecule has 0 saturated carbocycles. The number of nitrogens with zero attached hydrogens (tertiary/aromatic N) is 1. The van der Waals surface area contributed by atoms with Crippen molar-refractivity contribution < 1.29 is 23.9 Å². The first kappa shape index (κ1) is 22.5. The largest absolute Gasteiger partial charge is 0.497 e. The number of carbonyl (C=O) groups excluding carboxylic acids is 3. The number of esters is 1. The van der Waals surface area contributed by atoms with Gasteiger partial charge in [0.2, 0.25) is 0 Å². The minimum atomic E-state index is -0.950. The molecule has 0 aromatic heterocycles. The lowest BCUT2D eigenvalue weighted by Crippen LogP contribution is -2.32. The lowest BCUT2D eigenvalue weighted by Gasteiger charge is -2.06. The predicted molar refractivity (Wildman–Crippen MR) is 120 cm³/mol. The number of amides is 2. The van der Waals surface area contributed by atoms with Gasteiger partial charge in [-0.25, -0.2) is 10.2 Å². The number of rotatable bonds is 6. The Morgan fingerprint density at radius 1 is 0.906 bits per heavy atom. The fourth-order valence-corrected chi connectivity index (χ4v) is 2.64. The van der Waals surface area contributed by atoms with Crippen LogP contribution < -0.4 is 20.2 Å². The molecule has 2 amide bonds. The highest BCUT2D eigenvalue weighted by Gasteiger charge is 2.13. The van der Waals surface area contributed by atoms with Gasteiger partial charge in [0.25, 0.3) is 0 Å². The molecule has 0 atom stereocenters. The average molecular weight is 452 g/mol. The summed E-state index contributed by atoms with van der Waals surface area (Å²) in [7, 11) is 1.50. The minimum Gasteiger partial charge on any atom is -0.497 e. The molecule has 0 aliphatic carbocycles. The number of carbonyl (C=O) groups is 3. The molecule has 0 aliphatic rings. The molecule has 0 bridgehead atoms. The monoisotopic (exact) mass is 451 g/mol. The van der Waals surface area contributed by atoms with Crippen molar-refractivity contribution in [3.63, 3.8) is 0 Å². The van der Waals surface area contributed by atoms with Crippen LogP contribution in [0.15, 0.2) is 77.9 Å². The van der Waals surface area contributed by atoms with Crippen LogP contribution in [-0.2, 0) is 9.59 Å². The molecule has 3 rings (SSSR count). The SMILES string of the molecule is COc1cccc(NC(=O)C(=O)N/N=C/c2cccc(OC(=O)c3ccc(Cl)cc3)c2)c1. The van der Waals surface area contributed by atoms with Crippen LogP contribution in [0, 0.1) is 0 Å². The van der Waals surface area contributed by atoms with Gasteiger partial charge in [-0.05, 0) is 54.1 Å². The molecule has 0 saturated heterocycles. The molecule has 0 fully saturated rings. The summed E-state index contributed by atoms with van der Waals surface area (Å²) in [4.78, 5) is 36.1. The first-order chi connectivity index (χ1) is 15.4. The summed E-state index contributed by atoms with van der Waals surface area (Å²) < 4.78 is 10.4. The van der Waals surface area contributed by atoms with E-state index in [0.717, 1.165) is 0 Å². The highest BCUT2D eigenvalue weighted by molar-refractivity contribution is 6.39. The second-order valence-electron chi connectivity index (χ2n) is 6.35. The van der Waals surface area contributed by atoms with Crippen molar-refractivity contribution in [2.24, 2.45) is 5.10 Å². The lowest BCUT2D eigenvalue weighted by atomic mass is 10.2. The van der Waals surface area contributed by atoms with Gasteiger partial charge >= 0.3 is 17.8 Å². The fourth-order valence-electron chi connectivity index (χ4n) is 2.52. The van der Waals surface area contributed by atoms with Crippen molar-refractivity contribution >= 4 is 41.3 Å². The first-order valence-corrected chi connectivity index (χ1v) is 9.68. The highest BCUT2D eigenvalue weighted by Crippen LogP contribution is 2.17. The normalized spacial score (nSPS) is 10.4. The average Bonchev–Trinajstić information content (AvgIpc) is 2.79. The summed E-state index contributed by atoms with van der Waals surface area (Å²) in [6.45, 7) is 0. The molecule has 9 heteroatoms. The maximum Gasteiger partial charge on any atom is 0.343 e. The van der Waals surface area contributed by atoms with Crippen LogP contribution in [0.4, 0.5) is 5.69 Å². The molecule has 0 radical (unpaired) electrons. The number of hydrogen-bond donors (Lipinski definition) is 2. The summed E-state index contributed by atoms with van der Waals surface area (Å²) in [5.74, 6) is -1.55. The van der Waals surface area contributed by atoms with Gasteiger partial charge in [0.1, 0.15) is 11.5 Å². The number of hydrogen-bond acceptors (Lipinski definition) is 6. The van der Waals surface area contributed by atoms with Crippen LogP contribution in [0.25, 0.3) is 0 Å². The number of hydrazone groups is 1. The maximum absolute atomic E-state index is 12.2. The molecule has 3 aromatic rings. The number of anilines is 1. The molecular weight excluding hydrogens is 434 g/mol. The summed E-state index contributed by atoms with van der Waals surface area (Å²) in [6.07, 6.45) is 1.32. The summed E-state index contributed by atoms with van der Waals surface area (Å²) in [6, 6.07) is 19.4. The molecule has 3 aromatic carbocycles. The number of halogens is 1. The van der Waals surface area contributed by atoms with Crippen molar-refractivity contribution in [3.05, 3.63) is 88.9 Å². The zero-order valence-corrected chi connectivity index (χ0v) is 17.6. The van der Waals surface area contributed by atoms with E-state index in [1.165, 1.54) is 13.3 Å². The van der Waals surface area contributed by atoms with Crippen LogP contribution in [0.5, 0.6) is 11.5 Å². The first-order valence-electron chi connectivity index (χ1n) is 9.31. The smallest absolute Gasteiger partial charge is 0.343 e. The fraction of sp³-hybridized carbons (Fsp3) is 0.0435. The molecular formula is C23H18ClN3O5. The molecule has 162 valence electrons. The number of ether oxygens (including phenoxy) is 2. The zero-order chi connectivity index (χ0) is 22.9. The predicted octanol–water partition coefficient (Wildman–Crippen LogP) is 3.66. The Hall–Kier alpha value is -4.17. The van der Waals surface area contributed by atoms with Crippen LogP contribution in [0.2, 0.25) is 5.02 Å². The highest BCUT2D eigenvalue weighted by atomic mass is 35.5. The topological polar surface area (TPSA) is 106 Å². The maximum atomic E-state index is 12.2. The van der Waals surface area contributed by atoms with Crippen LogP contribution in [0.1, 0.15) is 15.9 Å². The Morgan fingerprint density at radius 2 is 1.62 bits per heavy atom. The zero-order valence-electron chi connectivity index (χ0n) is 16.9. The van der Waals surface area contributed by atoms with E-state index < -0.39 is 17.8 Å². The van der Waals surface area contributed by atoms with Crippen molar-refractivity contribution in [2.45, 2.75) is 0 Å². The summed E-state index contributed by atoms with van der Waals surface area (Å²) in [5, 5.41) is 6.72. The third kappa shape index (κ3) is 6.41. The molecule has 0 heterocycles. The van der Waals surface area contributed by atoms with E-state index in [-0.39, 0.29) is 5.75 Å². The number of nitrogens with one attached hydrogen (secondary N) is 2. The Morgan fingerprint density at radius 3 is 2.38 bits per heavy atom. The van der Waals surface area contributed by atoms with E-state index in [9.17, 15) is 14.4 Å². The van der Waals surface area contributed by atoms with E-state index in [1.807, 2.05) is 0 Å². The van der Waals surface area contributed by atoms with Gasteiger partial charge < -0.3 is 14.8 Å². The van der Waals surface area contributed by atoms with Gasteiger partial charge in [0, 0.05) is 16.8 Å². The minimum absolute atomic E-state index is 0.288. The molecule has 0 unspecified atom stereocenters. The van der Waals surface area contributed by atoms with Gasteiger partial charge in [0.15, 0.2) is 0 Å². The third-order valence-electron chi connectivity index (χ3n) is 4.06. The summed E-state index contributed by atoms with van der Waals surface area (Å²) in [5.41, 5.74) is 3.44. The van der Waals surface area contributed by atoms with Gasteiger partial charge in [-0.1, -0.05) is 29.8 Å². The Labute approximate surface area is 188 Å². The third-order valence-corrected chi connectivity index (χ3v) is 4.31. The number of methoxy groups -OCH3 is 1. The van der Waals surface area contributed by atoms with Gasteiger partial charge in [0.05, 0.1) is 18.9 Å². The Bertz CT molecular complexity index is 1160. The van der Waals surface area contributed by atoms with E-state index >= 15 is 0 Å². The van der Waals surface area contributed by atoms with Crippen molar-refractivity contribution in [1.82, 2.24) is 5.43 Å². The van der Waals surface area contributed by atoms with E-state index in [0.29, 0.717) is 27.6 Å². The molecule has 8 nitrogen and oxygen atoms in total. The van der Waals surface area contributed by atoms with Gasteiger partial charge in [-0.3, -0.25) is 9.59 Å². The van der Waals surface area contributed by atoms with Crippen LogP contribution in [-0.4, -0.2) is 31.1 Å². The van der Waals surface area contributed by atoms with E-state index in [2.05, 4.69) is 15.8 Å². The molecule has 0 spiro atoms. The Balaban J connectivity index is 1.55. The van der Waals surface area contributed by atoms with Crippen LogP contribution >= 0.6 is 11.6 Å². The van der Waals surface area contributed by atoms with Crippen molar-refractivity contribution in [1.29, 1.82) is 0 Å². The quantitative estimate of drug-likeness (QED) is 0.195. The molecule has 0 aliphatic heterocycles. The van der Waals surface area contributed by atoms with Crippen molar-refractivity contribution in [3.8, 4) is 11.5 Å². The molecule has 2 N–H and O–H groups in total. The summed E-state index contributed by atoms with van der Waals surface area (Å²) >= 11 is 5.81. The van der Waals surface area contributed by atoms with Crippen molar-refractivity contribution in [2.75, 3.05) is 12.4 Å². The van der Waals surface area contributed by atoms with Crippen LogP contribution in [0.3, 0.4) is 0 Å². The molecule has 32 heavy (non-hydrogen) atoms. The van der Waals surface area contributed by atoms with E-state index in [4.69, 9.17) is 21.1 Å². The van der Waals surface area contributed by atoms with Gasteiger partial charge in [-0.15, -0.1) is 0 Å². The standard InChI is InChI=1S/C23H18ClN3O5/c1-31-19-6-3-5-18(13-19)26-21(28)22(29)27-25-14-15-4-2-7-20(12-15)32-23(30)16-8-10-17(24)11-9-16/h2-14H,1H3,(H,26,28)(H,27,29)/b25-14+. The van der Waals surface area contributed by atoms with E-state index in [1.54, 1.807) is 72.8 Å². The Kier molecular flexibility index (Phi) is 7.55. The second-order valence-corrected chi connectivity index (χ2v) is 6.79. The number of benzene rings is 3.